The van der Waals surface area contributed by atoms with Crippen LogP contribution in [-0.2, 0) is 14.4 Å². The zero-order chi connectivity index (χ0) is 17.3. The maximum Gasteiger partial charge on any atom is 0.321 e. The third kappa shape index (κ3) is 3.00. The van der Waals surface area contributed by atoms with Crippen molar-refractivity contribution in [2.45, 2.75) is 17.7 Å². The minimum absolute atomic E-state index is 0.0546. The molecule has 2 atom stereocenters. The quantitative estimate of drug-likeness (QED) is 0.799. The van der Waals surface area contributed by atoms with E-state index < -0.39 is 17.3 Å². The molecular weight excluding hydrogens is 328 g/mol. The number of amides is 2. The molecule has 24 heavy (non-hydrogen) atoms. The number of hydrogen-bond acceptors (Lipinski definition) is 5. The summed E-state index contributed by atoms with van der Waals surface area (Å²) in [5.74, 6) is -1.63. The number of anilines is 1. The normalized spacial score (nSPS) is 19.0. The lowest BCUT2D eigenvalue weighted by molar-refractivity contribution is -0.138. The molecule has 0 saturated carbocycles. The van der Waals surface area contributed by atoms with Crippen LogP contribution >= 0.6 is 11.8 Å². The Labute approximate surface area is 142 Å². The molecule has 6 nitrogen and oxygen atoms in total. The molecule has 1 saturated heterocycles. The molecule has 2 amide bonds. The number of hydrogen-bond donors (Lipinski definition) is 2. The van der Waals surface area contributed by atoms with Gasteiger partial charge in [-0.25, -0.2) is 4.90 Å². The molecule has 1 aliphatic rings. The number of aliphatic carboxylic acids is 1. The number of thioether (sulfide) groups is 1. The standard InChI is InChI=1S/C17H16N2O4S/c18-12(17(22)23)9-24-14-8-15(20)19(16(14)21)13-7-3-5-10-4-1-2-6-11(10)13/h1-7,12,14H,8-9,18H2,(H,22,23)/t12-,14-/m1/s1. The van der Waals surface area contributed by atoms with Crippen molar-refractivity contribution in [1.82, 2.24) is 0 Å². The molecule has 0 aromatic heterocycles. The van der Waals surface area contributed by atoms with E-state index in [4.69, 9.17) is 10.8 Å². The van der Waals surface area contributed by atoms with Gasteiger partial charge in [0, 0.05) is 17.6 Å². The molecule has 124 valence electrons. The van der Waals surface area contributed by atoms with Gasteiger partial charge in [0.15, 0.2) is 0 Å². The first-order chi connectivity index (χ1) is 11.5. The first-order valence-electron chi connectivity index (χ1n) is 7.43. The van der Waals surface area contributed by atoms with E-state index in [0.717, 1.165) is 22.5 Å². The van der Waals surface area contributed by atoms with Gasteiger partial charge in [-0.1, -0.05) is 36.4 Å². The Hall–Kier alpha value is -2.38. The number of carboxylic acids is 1. The Morgan fingerprint density at radius 3 is 2.71 bits per heavy atom. The van der Waals surface area contributed by atoms with Gasteiger partial charge < -0.3 is 10.8 Å². The summed E-state index contributed by atoms with van der Waals surface area (Å²) in [5, 5.41) is 10.00. The number of carbonyl (C=O) groups is 3. The van der Waals surface area contributed by atoms with E-state index in [0.29, 0.717) is 5.69 Å². The largest absolute Gasteiger partial charge is 0.480 e. The molecule has 2 aromatic rings. The van der Waals surface area contributed by atoms with Crippen LogP contribution in [-0.4, -0.2) is 39.9 Å². The second-order valence-corrected chi connectivity index (χ2v) is 6.77. The average molecular weight is 344 g/mol. The van der Waals surface area contributed by atoms with Crippen LogP contribution in [0.3, 0.4) is 0 Å². The summed E-state index contributed by atoms with van der Waals surface area (Å²) in [6.45, 7) is 0. The number of imide groups is 1. The summed E-state index contributed by atoms with van der Waals surface area (Å²) in [6, 6.07) is 12.0. The first kappa shape index (κ1) is 16.5. The van der Waals surface area contributed by atoms with Crippen LogP contribution in [0.25, 0.3) is 10.8 Å². The van der Waals surface area contributed by atoms with Gasteiger partial charge in [0.25, 0.3) is 0 Å². The summed E-state index contributed by atoms with van der Waals surface area (Å²) in [4.78, 5) is 37.0. The molecular formula is C17H16N2O4S. The molecule has 1 aliphatic heterocycles. The number of rotatable bonds is 5. The van der Waals surface area contributed by atoms with Gasteiger partial charge >= 0.3 is 5.97 Å². The monoisotopic (exact) mass is 344 g/mol. The van der Waals surface area contributed by atoms with Crippen LogP contribution in [0.4, 0.5) is 5.69 Å². The number of benzene rings is 2. The van der Waals surface area contributed by atoms with Crippen molar-refractivity contribution < 1.29 is 19.5 Å². The van der Waals surface area contributed by atoms with Gasteiger partial charge in [-0.2, -0.15) is 0 Å². The maximum absolute atomic E-state index is 12.6. The van der Waals surface area contributed by atoms with E-state index in [2.05, 4.69) is 0 Å². The average Bonchev–Trinajstić information content (AvgIpc) is 2.86. The van der Waals surface area contributed by atoms with Gasteiger partial charge in [-0.05, 0) is 11.5 Å². The summed E-state index contributed by atoms with van der Waals surface area (Å²) >= 11 is 1.12. The minimum Gasteiger partial charge on any atom is -0.480 e. The highest BCUT2D eigenvalue weighted by Crippen LogP contribution is 2.34. The van der Waals surface area contributed by atoms with Gasteiger partial charge in [0.2, 0.25) is 11.8 Å². The smallest absolute Gasteiger partial charge is 0.321 e. The molecule has 0 spiro atoms. The fourth-order valence-corrected chi connectivity index (χ4v) is 3.77. The SMILES string of the molecule is N[C@H](CS[C@@H]1CC(=O)N(c2cccc3ccccc23)C1=O)C(=O)O. The topological polar surface area (TPSA) is 101 Å². The second-order valence-electron chi connectivity index (χ2n) is 5.54. The van der Waals surface area contributed by atoms with Gasteiger partial charge in [0.05, 0.1) is 10.9 Å². The third-order valence-corrected chi connectivity index (χ3v) is 5.23. The molecule has 2 aromatic carbocycles. The highest BCUT2D eigenvalue weighted by molar-refractivity contribution is 8.00. The van der Waals surface area contributed by atoms with Crippen LogP contribution in [0.2, 0.25) is 0 Å². The number of nitrogens with zero attached hydrogens (tertiary/aromatic N) is 1. The second kappa shape index (κ2) is 6.62. The number of carbonyl (C=O) groups excluding carboxylic acids is 2. The molecule has 3 N–H and O–H groups in total. The lowest BCUT2D eigenvalue weighted by Crippen LogP contribution is -2.35. The van der Waals surface area contributed by atoms with E-state index in [9.17, 15) is 14.4 Å². The molecule has 0 aliphatic carbocycles. The Balaban J connectivity index is 1.85. The van der Waals surface area contributed by atoms with Crippen molar-refractivity contribution in [2.24, 2.45) is 5.73 Å². The van der Waals surface area contributed by atoms with E-state index in [1.54, 1.807) is 12.1 Å². The highest BCUT2D eigenvalue weighted by Gasteiger charge is 2.40. The van der Waals surface area contributed by atoms with Crippen molar-refractivity contribution in [2.75, 3.05) is 10.7 Å². The van der Waals surface area contributed by atoms with Crippen LogP contribution < -0.4 is 10.6 Å². The number of carboxylic acid groups (broad SMARTS) is 1. The zero-order valence-electron chi connectivity index (χ0n) is 12.7. The summed E-state index contributed by atoms with van der Waals surface area (Å²) < 4.78 is 0. The molecule has 1 heterocycles. The fourth-order valence-electron chi connectivity index (χ4n) is 2.68. The van der Waals surface area contributed by atoms with Gasteiger partial charge in [0.1, 0.15) is 6.04 Å². The lowest BCUT2D eigenvalue weighted by Gasteiger charge is -2.17. The Kier molecular flexibility index (Phi) is 4.55. The molecule has 0 bridgehead atoms. The molecule has 7 heteroatoms. The minimum atomic E-state index is -1.12. The first-order valence-corrected chi connectivity index (χ1v) is 8.48. The highest BCUT2D eigenvalue weighted by atomic mass is 32.2. The van der Waals surface area contributed by atoms with E-state index in [-0.39, 0.29) is 24.0 Å². The van der Waals surface area contributed by atoms with Crippen molar-refractivity contribution in [3.8, 4) is 0 Å². The Morgan fingerprint density at radius 1 is 1.25 bits per heavy atom. The van der Waals surface area contributed by atoms with Gasteiger partial charge in [-0.15, -0.1) is 11.8 Å². The summed E-state index contributed by atoms with van der Waals surface area (Å²) in [6.07, 6.45) is 0.0546. The zero-order valence-corrected chi connectivity index (χ0v) is 13.5. The lowest BCUT2D eigenvalue weighted by atomic mass is 10.1. The molecule has 0 radical (unpaired) electrons. The Morgan fingerprint density at radius 2 is 1.96 bits per heavy atom. The molecule has 0 unspecified atom stereocenters. The molecule has 3 rings (SSSR count). The van der Waals surface area contributed by atoms with Crippen LogP contribution in [0.1, 0.15) is 6.42 Å². The summed E-state index contributed by atoms with van der Waals surface area (Å²) in [5.41, 5.74) is 6.03. The Bertz CT molecular complexity index is 818. The predicted molar refractivity (Wildman–Crippen MR) is 92.9 cm³/mol. The maximum atomic E-state index is 12.6. The fraction of sp³-hybridized carbons (Fsp3) is 0.235. The van der Waals surface area contributed by atoms with Crippen LogP contribution in [0, 0.1) is 0 Å². The van der Waals surface area contributed by atoms with Gasteiger partial charge in [-0.3, -0.25) is 14.4 Å². The van der Waals surface area contributed by atoms with E-state index >= 15 is 0 Å². The number of nitrogens with two attached hydrogens (primary N) is 1. The number of fused-ring (bicyclic) bond motifs is 1. The predicted octanol–water partition coefficient (Wildman–Crippen LogP) is 1.62. The van der Waals surface area contributed by atoms with Crippen molar-refractivity contribution in [3.05, 3.63) is 42.5 Å². The van der Waals surface area contributed by atoms with E-state index in [1.165, 1.54) is 4.90 Å². The van der Waals surface area contributed by atoms with Crippen molar-refractivity contribution in [1.29, 1.82) is 0 Å². The summed E-state index contributed by atoms with van der Waals surface area (Å²) in [7, 11) is 0. The molecule has 1 fully saturated rings. The van der Waals surface area contributed by atoms with E-state index in [1.807, 2.05) is 30.3 Å². The third-order valence-electron chi connectivity index (χ3n) is 3.91. The van der Waals surface area contributed by atoms with Crippen molar-refractivity contribution >= 4 is 46.0 Å². The van der Waals surface area contributed by atoms with Crippen molar-refractivity contribution in [3.63, 3.8) is 0 Å². The van der Waals surface area contributed by atoms with Crippen LogP contribution in [0.5, 0.6) is 0 Å². The van der Waals surface area contributed by atoms with Crippen LogP contribution in [0.15, 0.2) is 42.5 Å².